The van der Waals surface area contributed by atoms with Gasteiger partial charge in [-0.2, -0.15) is 0 Å². The molecule has 12 heteroatoms. The molecule has 2 heterocycles. The van der Waals surface area contributed by atoms with Crippen LogP contribution in [-0.2, 0) is 17.9 Å². The SMILES string of the molecule is O=C(CNc1nonc1-c1noc(=O)n1C1CCc2cc(CF)ccc21)NCCO. The van der Waals surface area contributed by atoms with Crippen LogP contribution in [0.3, 0.4) is 0 Å². The van der Waals surface area contributed by atoms with Crippen LogP contribution in [0.2, 0.25) is 0 Å². The maximum atomic E-state index is 13.0. The number of amides is 1. The van der Waals surface area contributed by atoms with E-state index < -0.39 is 12.4 Å². The smallest absolute Gasteiger partial charge is 0.395 e. The standard InChI is InChI=1S/C18H19FN6O5/c19-8-10-1-3-12-11(7-10)2-4-13(12)25-17(24-29-18(25)28)15-16(23-30-22-15)21-9-14(27)20-5-6-26/h1,3,7,13,26H,2,4-6,8-9H2,(H,20,27)(H,21,23). The summed E-state index contributed by atoms with van der Waals surface area (Å²) in [5.74, 6) is -0.829. The molecule has 1 aliphatic carbocycles. The minimum Gasteiger partial charge on any atom is -0.395 e. The summed E-state index contributed by atoms with van der Waals surface area (Å²) in [5.41, 5.74) is 2.54. The molecule has 3 N–H and O–H groups in total. The van der Waals surface area contributed by atoms with Gasteiger partial charge in [0.1, 0.15) is 6.67 Å². The molecule has 1 aliphatic rings. The van der Waals surface area contributed by atoms with Gasteiger partial charge in [0.25, 0.3) is 0 Å². The van der Waals surface area contributed by atoms with E-state index in [1.54, 1.807) is 18.2 Å². The van der Waals surface area contributed by atoms with Gasteiger partial charge in [0.05, 0.1) is 19.2 Å². The molecule has 4 rings (SSSR count). The number of nitrogens with zero attached hydrogens (tertiary/aromatic N) is 4. The Bertz CT molecular complexity index is 1110. The van der Waals surface area contributed by atoms with Crippen LogP contribution in [-0.4, -0.2) is 50.7 Å². The summed E-state index contributed by atoms with van der Waals surface area (Å²) in [7, 11) is 0. The molecule has 30 heavy (non-hydrogen) atoms. The molecule has 0 saturated carbocycles. The fourth-order valence-corrected chi connectivity index (χ4v) is 3.56. The van der Waals surface area contributed by atoms with Crippen LogP contribution >= 0.6 is 0 Å². The second-order valence-corrected chi connectivity index (χ2v) is 6.75. The first kappa shape index (κ1) is 19.8. The van der Waals surface area contributed by atoms with Crippen LogP contribution in [0.25, 0.3) is 11.5 Å². The topological polar surface area (TPSA) is 148 Å². The third kappa shape index (κ3) is 3.68. The molecule has 0 spiro atoms. The van der Waals surface area contributed by atoms with E-state index >= 15 is 0 Å². The molecule has 0 bridgehead atoms. The maximum Gasteiger partial charge on any atom is 0.442 e. The zero-order chi connectivity index (χ0) is 21.1. The molecule has 0 radical (unpaired) electrons. The van der Waals surface area contributed by atoms with Crippen LogP contribution in [0.15, 0.2) is 32.1 Å². The summed E-state index contributed by atoms with van der Waals surface area (Å²) in [6, 6.07) is 4.92. The first-order valence-electron chi connectivity index (χ1n) is 9.32. The number of halogens is 1. The average molecular weight is 418 g/mol. The van der Waals surface area contributed by atoms with Gasteiger partial charge < -0.3 is 15.7 Å². The number of aliphatic hydroxyl groups excluding tert-OH is 1. The lowest BCUT2D eigenvalue weighted by molar-refractivity contribution is -0.119. The number of hydrogen-bond acceptors (Lipinski definition) is 9. The lowest BCUT2D eigenvalue weighted by atomic mass is 10.0. The van der Waals surface area contributed by atoms with Gasteiger partial charge in [-0.05, 0) is 39.8 Å². The fraction of sp³-hybridized carbons (Fsp3) is 0.389. The van der Waals surface area contributed by atoms with E-state index in [9.17, 15) is 14.0 Å². The minimum atomic E-state index is -0.674. The largest absolute Gasteiger partial charge is 0.442 e. The van der Waals surface area contributed by atoms with Crippen molar-refractivity contribution >= 4 is 11.7 Å². The number of aliphatic hydroxyl groups is 1. The second kappa shape index (κ2) is 8.45. The zero-order valence-electron chi connectivity index (χ0n) is 15.8. The van der Waals surface area contributed by atoms with Gasteiger partial charge in [-0.25, -0.2) is 18.4 Å². The van der Waals surface area contributed by atoms with E-state index in [4.69, 9.17) is 14.3 Å². The highest BCUT2D eigenvalue weighted by atomic mass is 19.1. The highest BCUT2D eigenvalue weighted by molar-refractivity contribution is 5.81. The van der Waals surface area contributed by atoms with E-state index in [1.165, 1.54) is 4.57 Å². The number of aromatic nitrogens is 4. The Labute approximate surface area is 168 Å². The molecule has 0 aliphatic heterocycles. The predicted molar refractivity (Wildman–Crippen MR) is 100 cm³/mol. The lowest BCUT2D eigenvalue weighted by Crippen LogP contribution is -2.32. The predicted octanol–water partition coefficient (Wildman–Crippen LogP) is 0.412. The van der Waals surface area contributed by atoms with Gasteiger partial charge in [0.2, 0.25) is 17.5 Å². The number of carbonyl (C=O) groups is 1. The van der Waals surface area contributed by atoms with Gasteiger partial charge in [-0.3, -0.25) is 9.32 Å². The lowest BCUT2D eigenvalue weighted by Gasteiger charge is -2.13. The number of benzene rings is 1. The number of carbonyl (C=O) groups excluding carboxylic acids is 1. The Morgan fingerprint density at radius 2 is 2.20 bits per heavy atom. The number of alkyl halides is 1. The average Bonchev–Trinajstić information content (AvgIpc) is 3.47. The molecule has 11 nitrogen and oxygen atoms in total. The molecule has 2 aromatic heterocycles. The van der Waals surface area contributed by atoms with Crippen molar-refractivity contribution in [2.24, 2.45) is 0 Å². The van der Waals surface area contributed by atoms with E-state index in [0.717, 1.165) is 11.1 Å². The van der Waals surface area contributed by atoms with Crippen LogP contribution in [0.4, 0.5) is 10.2 Å². The number of hydrogen-bond donors (Lipinski definition) is 3. The number of aryl methyl sites for hydroxylation is 1. The Balaban J connectivity index is 1.62. The van der Waals surface area contributed by atoms with Crippen LogP contribution in [0, 0.1) is 0 Å². The molecule has 0 fully saturated rings. The summed E-state index contributed by atoms with van der Waals surface area (Å²) >= 11 is 0. The first-order chi connectivity index (χ1) is 14.6. The third-order valence-electron chi connectivity index (χ3n) is 4.91. The number of rotatable bonds is 8. The van der Waals surface area contributed by atoms with Crippen molar-refractivity contribution < 1.29 is 23.4 Å². The van der Waals surface area contributed by atoms with Gasteiger partial charge in [-0.1, -0.05) is 23.4 Å². The Morgan fingerprint density at radius 3 is 3.00 bits per heavy atom. The Hall–Kier alpha value is -3.54. The highest BCUT2D eigenvalue weighted by Crippen LogP contribution is 2.36. The third-order valence-corrected chi connectivity index (χ3v) is 4.91. The number of fused-ring (bicyclic) bond motifs is 1. The maximum absolute atomic E-state index is 13.0. The Morgan fingerprint density at radius 1 is 1.33 bits per heavy atom. The van der Waals surface area contributed by atoms with Crippen molar-refractivity contribution in [2.45, 2.75) is 25.6 Å². The van der Waals surface area contributed by atoms with Crippen LogP contribution in [0.1, 0.15) is 29.2 Å². The van der Waals surface area contributed by atoms with Crippen molar-refractivity contribution in [2.75, 3.05) is 25.0 Å². The summed E-state index contributed by atoms with van der Waals surface area (Å²) in [4.78, 5) is 24.2. The van der Waals surface area contributed by atoms with E-state index in [1.807, 2.05) is 0 Å². The molecule has 0 saturated heterocycles. The number of anilines is 1. The molecule has 1 aromatic carbocycles. The van der Waals surface area contributed by atoms with Crippen molar-refractivity contribution in [1.29, 1.82) is 0 Å². The summed E-state index contributed by atoms with van der Waals surface area (Å²) < 4.78 is 24.0. The van der Waals surface area contributed by atoms with Gasteiger partial charge in [0.15, 0.2) is 5.69 Å². The van der Waals surface area contributed by atoms with Crippen molar-refractivity contribution in [3.05, 3.63) is 45.4 Å². The zero-order valence-corrected chi connectivity index (χ0v) is 15.8. The minimum absolute atomic E-state index is 0.104. The second-order valence-electron chi connectivity index (χ2n) is 6.75. The molecule has 3 aromatic rings. The first-order valence-corrected chi connectivity index (χ1v) is 9.32. The molecule has 158 valence electrons. The molecular formula is C18H19FN6O5. The van der Waals surface area contributed by atoms with E-state index in [0.29, 0.717) is 18.4 Å². The summed E-state index contributed by atoms with van der Waals surface area (Å²) in [6.07, 6.45) is 1.29. The quantitative estimate of drug-likeness (QED) is 0.473. The summed E-state index contributed by atoms with van der Waals surface area (Å²) in [5, 5.41) is 25.4. The Kier molecular flexibility index (Phi) is 5.57. The van der Waals surface area contributed by atoms with Crippen molar-refractivity contribution in [3.8, 4) is 11.5 Å². The normalized spacial score (nSPS) is 15.2. The molecular weight excluding hydrogens is 399 g/mol. The summed E-state index contributed by atoms with van der Waals surface area (Å²) in [6.45, 7) is -0.759. The van der Waals surface area contributed by atoms with Gasteiger partial charge in [0, 0.05) is 6.54 Å². The highest BCUT2D eigenvalue weighted by Gasteiger charge is 2.31. The fourth-order valence-electron chi connectivity index (χ4n) is 3.56. The van der Waals surface area contributed by atoms with Crippen LogP contribution < -0.4 is 16.4 Å². The van der Waals surface area contributed by atoms with E-state index in [2.05, 4.69) is 26.1 Å². The van der Waals surface area contributed by atoms with Crippen LogP contribution in [0.5, 0.6) is 0 Å². The van der Waals surface area contributed by atoms with Gasteiger partial charge in [-0.15, -0.1) is 0 Å². The van der Waals surface area contributed by atoms with Crippen molar-refractivity contribution in [3.63, 3.8) is 0 Å². The number of nitrogens with one attached hydrogen (secondary N) is 2. The molecule has 1 unspecified atom stereocenters. The van der Waals surface area contributed by atoms with Crippen molar-refractivity contribution in [1.82, 2.24) is 25.4 Å². The monoisotopic (exact) mass is 418 g/mol. The molecule has 1 amide bonds. The van der Waals surface area contributed by atoms with Gasteiger partial charge >= 0.3 is 5.76 Å². The van der Waals surface area contributed by atoms with E-state index in [-0.39, 0.29) is 49.0 Å². The molecule has 1 atom stereocenters.